The SMILES string of the molecule is COc1cc(Cl)nc(Br)c1OC. The first-order chi connectivity index (χ1) is 5.69. The largest absolute Gasteiger partial charge is 0.493 e. The highest BCUT2D eigenvalue weighted by atomic mass is 79.9. The molecule has 5 heteroatoms. The zero-order valence-corrected chi connectivity index (χ0v) is 8.94. The van der Waals surface area contributed by atoms with Crippen LogP contribution in [0.2, 0.25) is 5.15 Å². The number of halogens is 2. The molecular weight excluding hydrogens is 245 g/mol. The van der Waals surface area contributed by atoms with Crippen molar-refractivity contribution in [3.63, 3.8) is 0 Å². The molecule has 0 spiro atoms. The summed E-state index contributed by atoms with van der Waals surface area (Å²) in [6.45, 7) is 0. The molecule has 0 saturated carbocycles. The van der Waals surface area contributed by atoms with Crippen molar-refractivity contribution in [2.24, 2.45) is 0 Å². The second kappa shape index (κ2) is 3.96. The predicted molar refractivity (Wildman–Crippen MR) is 50.1 cm³/mol. The van der Waals surface area contributed by atoms with Crippen molar-refractivity contribution < 1.29 is 9.47 Å². The minimum Gasteiger partial charge on any atom is -0.493 e. The third-order valence-corrected chi connectivity index (χ3v) is 2.02. The molecule has 66 valence electrons. The highest BCUT2D eigenvalue weighted by molar-refractivity contribution is 9.10. The smallest absolute Gasteiger partial charge is 0.193 e. The Bertz CT molecular complexity index is 293. The van der Waals surface area contributed by atoms with Crippen LogP contribution in [0.3, 0.4) is 0 Å². The lowest BCUT2D eigenvalue weighted by atomic mass is 10.4. The predicted octanol–water partition coefficient (Wildman–Crippen LogP) is 2.51. The van der Waals surface area contributed by atoms with Crippen molar-refractivity contribution in [3.8, 4) is 11.5 Å². The molecule has 0 amide bonds. The van der Waals surface area contributed by atoms with Gasteiger partial charge in [-0.2, -0.15) is 0 Å². The third kappa shape index (κ3) is 1.81. The maximum absolute atomic E-state index is 5.68. The second-order valence-corrected chi connectivity index (χ2v) is 3.11. The summed E-state index contributed by atoms with van der Waals surface area (Å²) in [5.74, 6) is 1.10. The number of rotatable bonds is 2. The average Bonchev–Trinajstić information content (AvgIpc) is 2.03. The lowest BCUT2D eigenvalue weighted by Crippen LogP contribution is -1.93. The van der Waals surface area contributed by atoms with E-state index < -0.39 is 0 Å². The van der Waals surface area contributed by atoms with Gasteiger partial charge in [-0.25, -0.2) is 4.98 Å². The fourth-order valence-corrected chi connectivity index (χ4v) is 1.62. The molecule has 1 aromatic rings. The van der Waals surface area contributed by atoms with E-state index in [1.54, 1.807) is 13.2 Å². The van der Waals surface area contributed by atoms with Crippen LogP contribution in [0.4, 0.5) is 0 Å². The maximum Gasteiger partial charge on any atom is 0.193 e. The zero-order valence-electron chi connectivity index (χ0n) is 6.60. The summed E-state index contributed by atoms with van der Waals surface area (Å²) in [7, 11) is 3.08. The molecule has 0 atom stereocenters. The van der Waals surface area contributed by atoms with E-state index in [1.807, 2.05) is 0 Å². The maximum atomic E-state index is 5.68. The van der Waals surface area contributed by atoms with Gasteiger partial charge in [0.05, 0.1) is 14.2 Å². The first-order valence-corrected chi connectivity index (χ1v) is 4.30. The van der Waals surface area contributed by atoms with E-state index in [0.29, 0.717) is 21.3 Å². The Hall–Kier alpha value is -0.480. The number of ether oxygens (including phenoxy) is 2. The lowest BCUT2D eigenvalue weighted by Gasteiger charge is -2.08. The van der Waals surface area contributed by atoms with E-state index in [1.165, 1.54) is 7.11 Å². The molecule has 12 heavy (non-hydrogen) atoms. The molecule has 0 bridgehead atoms. The molecule has 0 aliphatic carbocycles. The van der Waals surface area contributed by atoms with Crippen LogP contribution in [0.15, 0.2) is 10.7 Å². The minimum absolute atomic E-state index is 0.361. The van der Waals surface area contributed by atoms with Gasteiger partial charge in [0.1, 0.15) is 5.15 Å². The molecular formula is C7H7BrClNO2. The number of hydrogen-bond donors (Lipinski definition) is 0. The Balaban J connectivity index is 3.24. The summed E-state index contributed by atoms with van der Waals surface area (Å²) < 4.78 is 10.6. The van der Waals surface area contributed by atoms with Crippen LogP contribution >= 0.6 is 27.5 Å². The van der Waals surface area contributed by atoms with Crippen molar-refractivity contribution in [3.05, 3.63) is 15.8 Å². The Kier molecular flexibility index (Phi) is 3.17. The van der Waals surface area contributed by atoms with Crippen LogP contribution in [0, 0.1) is 0 Å². The highest BCUT2D eigenvalue weighted by Gasteiger charge is 2.10. The molecule has 1 heterocycles. The van der Waals surface area contributed by atoms with Gasteiger partial charge >= 0.3 is 0 Å². The van der Waals surface area contributed by atoms with E-state index in [9.17, 15) is 0 Å². The van der Waals surface area contributed by atoms with Crippen molar-refractivity contribution in [1.29, 1.82) is 0 Å². The van der Waals surface area contributed by atoms with Gasteiger partial charge < -0.3 is 9.47 Å². The second-order valence-electron chi connectivity index (χ2n) is 1.97. The molecule has 1 rings (SSSR count). The van der Waals surface area contributed by atoms with Crippen LogP contribution in [-0.4, -0.2) is 19.2 Å². The fourth-order valence-electron chi connectivity index (χ4n) is 0.789. The van der Waals surface area contributed by atoms with Gasteiger partial charge in [0.15, 0.2) is 16.1 Å². The molecule has 0 saturated heterocycles. The molecule has 0 unspecified atom stereocenters. The number of aromatic nitrogens is 1. The van der Waals surface area contributed by atoms with E-state index in [-0.39, 0.29) is 0 Å². The molecule has 3 nitrogen and oxygen atoms in total. The molecule has 0 N–H and O–H groups in total. The molecule has 0 aliphatic heterocycles. The van der Waals surface area contributed by atoms with Gasteiger partial charge in [0, 0.05) is 6.07 Å². The van der Waals surface area contributed by atoms with Gasteiger partial charge in [-0.15, -0.1) is 0 Å². The van der Waals surface area contributed by atoms with Crippen molar-refractivity contribution in [2.75, 3.05) is 14.2 Å². The molecule has 1 aromatic heterocycles. The van der Waals surface area contributed by atoms with Crippen LogP contribution in [-0.2, 0) is 0 Å². The summed E-state index contributed by atoms with van der Waals surface area (Å²) in [4.78, 5) is 3.93. The first kappa shape index (κ1) is 9.61. The van der Waals surface area contributed by atoms with E-state index in [0.717, 1.165) is 0 Å². The Morgan fingerprint density at radius 1 is 1.42 bits per heavy atom. The first-order valence-electron chi connectivity index (χ1n) is 3.13. The van der Waals surface area contributed by atoms with Crippen LogP contribution < -0.4 is 9.47 Å². The summed E-state index contributed by atoms with van der Waals surface area (Å²) in [6.07, 6.45) is 0. The highest BCUT2D eigenvalue weighted by Crippen LogP contribution is 2.35. The van der Waals surface area contributed by atoms with Crippen molar-refractivity contribution in [2.45, 2.75) is 0 Å². The lowest BCUT2D eigenvalue weighted by molar-refractivity contribution is 0.351. The molecule has 0 aliphatic rings. The third-order valence-electron chi connectivity index (χ3n) is 1.29. The van der Waals surface area contributed by atoms with E-state index in [4.69, 9.17) is 21.1 Å². The standard InChI is InChI=1S/C7H7BrClNO2/c1-11-4-3-5(9)10-7(8)6(4)12-2/h3H,1-2H3. The van der Waals surface area contributed by atoms with Gasteiger partial charge in [0.25, 0.3) is 0 Å². The topological polar surface area (TPSA) is 31.4 Å². The number of methoxy groups -OCH3 is 2. The summed E-state index contributed by atoms with van der Waals surface area (Å²) in [6, 6.07) is 1.59. The number of nitrogens with zero attached hydrogens (tertiary/aromatic N) is 1. The Labute approximate surface area is 83.8 Å². The Morgan fingerprint density at radius 2 is 2.08 bits per heavy atom. The minimum atomic E-state index is 0.361. The number of hydrogen-bond acceptors (Lipinski definition) is 3. The van der Waals surface area contributed by atoms with Crippen LogP contribution in [0.1, 0.15) is 0 Å². The molecule has 0 fully saturated rings. The van der Waals surface area contributed by atoms with Crippen molar-refractivity contribution in [1.82, 2.24) is 4.98 Å². The van der Waals surface area contributed by atoms with Crippen molar-refractivity contribution >= 4 is 27.5 Å². The quantitative estimate of drug-likeness (QED) is 0.758. The van der Waals surface area contributed by atoms with Gasteiger partial charge in [-0.3, -0.25) is 0 Å². The monoisotopic (exact) mass is 251 g/mol. The van der Waals surface area contributed by atoms with E-state index >= 15 is 0 Å². The molecule has 0 radical (unpaired) electrons. The van der Waals surface area contributed by atoms with Gasteiger partial charge in [0.2, 0.25) is 0 Å². The summed E-state index contributed by atoms with van der Waals surface area (Å²) in [5, 5.41) is 0.361. The summed E-state index contributed by atoms with van der Waals surface area (Å²) in [5.41, 5.74) is 0. The molecule has 0 aromatic carbocycles. The normalized spacial score (nSPS) is 9.67. The van der Waals surface area contributed by atoms with Crippen LogP contribution in [0.25, 0.3) is 0 Å². The Morgan fingerprint density at radius 3 is 2.58 bits per heavy atom. The van der Waals surface area contributed by atoms with Gasteiger partial charge in [-0.05, 0) is 15.9 Å². The fraction of sp³-hybridized carbons (Fsp3) is 0.286. The summed E-state index contributed by atoms with van der Waals surface area (Å²) >= 11 is 8.88. The zero-order chi connectivity index (χ0) is 9.14. The average molecular weight is 252 g/mol. The van der Waals surface area contributed by atoms with E-state index in [2.05, 4.69) is 20.9 Å². The van der Waals surface area contributed by atoms with Crippen LogP contribution in [0.5, 0.6) is 11.5 Å². The van der Waals surface area contributed by atoms with Gasteiger partial charge in [-0.1, -0.05) is 11.6 Å². The number of pyridine rings is 1.